The molecule has 0 saturated heterocycles. The van der Waals surface area contributed by atoms with Gasteiger partial charge in [-0.1, -0.05) is 17.7 Å². The smallest absolute Gasteiger partial charge is 0.314 e. The van der Waals surface area contributed by atoms with Crippen LogP contribution < -0.4 is 10.6 Å². The number of nitrogens with one attached hydrogen (secondary N) is 2. The summed E-state index contributed by atoms with van der Waals surface area (Å²) < 4.78 is 0. The van der Waals surface area contributed by atoms with Crippen molar-refractivity contribution in [3.05, 3.63) is 34.0 Å². The van der Waals surface area contributed by atoms with Crippen molar-refractivity contribution in [1.82, 2.24) is 10.6 Å². The van der Waals surface area contributed by atoms with Gasteiger partial charge in [-0.3, -0.25) is 0 Å². The number of rotatable bonds is 6. The van der Waals surface area contributed by atoms with Gasteiger partial charge in [0.25, 0.3) is 0 Å². The Bertz CT molecular complexity index is 412. The minimum Gasteiger partial charge on any atom is -0.338 e. The van der Waals surface area contributed by atoms with Crippen LogP contribution in [-0.4, -0.2) is 19.1 Å². The summed E-state index contributed by atoms with van der Waals surface area (Å²) in [6.45, 7) is 1.45. The van der Waals surface area contributed by atoms with Gasteiger partial charge in [0.1, 0.15) is 0 Å². The molecule has 0 aliphatic heterocycles. The topological polar surface area (TPSA) is 41.1 Å². The first-order valence-corrected chi connectivity index (χ1v) is 7.94. The van der Waals surface area contributed by atoms with Gasteiger partial charge in [0.05, 0.1) is 0 Å². The molecule has 0 atom stereocenters. The Morgan fingerprint density at radius 3 is 2.74 bits per heavy atom. The zero-order chi connectivity index (χ0) is 13.3. The van der Waals surface area contributed by atoms with Crippen LogP contribution >= 0.6 is 11.3 Å². The molecule has 4 heteroatoms. The average molecular weight is 278 g/mol. The zero-order valence-corrected chi connectivity index (χ0v) is 12.1. The van der Waals surface area contributed by atoms with Crippen molar-refractivity contribution in [1.29, 1.82) is 0 Å². The maximum atomic E-state index is 11.6. The molecule has 104 valence electrons. The molecule has 1 aromatic rings. The molecule has 3 nitrogen and oxygen atoms in total. The van der Waals surface area contributed by atoms with Crippen LogP contribution in [0, 0.1) is 0 Å². The summed E-state index contributed by atoms with van der Waals surface area (Å²) in [5, 5.41) is 7.88. The summed E-state index contributed by atoms with van der Waals surface area (Å²) >= 11 is 1.73. The van der Waals surface area contributed by atoms with E-state index in [1.807, 2.05) is 6.07 Å². The highest BCUT2D eigenvalue weighted by atomic mass is 32.1. The average Bonchev–Trinajstić information content (AvgIpc) is 2.93. The number of hydrogen-bond acceptors (Lipinski definition) is 2. The third-order valence-electron chi connectivity index (χ3n) is 3.35. The van der Waals surface area contributed by atoms with Crippen molar-refractivity contribution in [3.63, 3.8) is 0 Å². The molecule has 0 unspecified atom stereocenters. The van der Waals surface area contributed by atoms with Crippen molar-refractivity contribution in [2.24, 2.45) is 0 Å². The predicted molar refractivity (Wildman–Crippen MR) is 80.6 cm³/mol. The lowest BCUT2D eigenvalue weighted by molar-refractivity contribution is 0.241. The Hall–Kier alpha value is -1.29. The van der Waals surface area contributed by atoms with Crippen LogP contribution in [0.5, 0.6) is 0 Å². The van der Waals surface area contributed by atoms with Gasteiger partial charge in [0, 0.05) is 18.0 Å². The number of urea groups is 1. The third kappa shape index (κ3) is 5.47. The first kappa shape index (κ1) is 14.1. The van der Waals surface area contributed by atoms with E-state index in [2.05, 4.69) is 28.2 Å². The van der Waals surface area contributed by atoms with Crippen molar-refractivity contribution in [2.45, 2.75) is 38.5 Å². The molecule has 0 spiro atoms. The maximum absolute atomic E-state index is 11.6. The molecule has 0 saturated carbocycles. The Balaban J connectivity index is 1.53. The minimum absolute atomic E-state index is 0.0482. The molecule has 0 aromatic carbocycles. The van der Waals surface area contributed by atoms with Crippen molar-refractivity contribution in [2.75, 3.05) is 13.1 Å². The quantitative estimate of drug-likeness (QED) is 0.769. The number of allylic oxidation sites excluding steroid dienone is 1. The van der Waals surface area contributed by atoms with E-state index in [4.69, 9.17) is 0 Å². The second-order valence-electron chi connectivity index (χ2n) is 4.87. The first-order chi connectivity index (χ1) is 9.34. The van der Waals surface area contributed by atoms with Crippen molar-refractivity contribution in [3.8, 4) is 0 Å². The largest absolute Gasteiger partial charge is 0.338 e. The van der Waals surface area contributed by atoms with E-state index in [1.54, 1.807) is 11.3 Å². The predicted octanol–water partition coefficient (Wildman–Crippen LogP) is 3.48. The third-order valence-corrected chi connectivity index (χ3v) is 4.29. The molecule has 1 aliphatic rings. The SMILES string of the molecule is O=C(NCCC1=CCCCC1)NCCc1cccs1. The highest BCUT2D eigenvalue weighted by Gasteiger charge is 2.04. The van der Waals surface area contributed by atoms with Crippen LogP contribution in [0.1, 0.15) is 37.0 Å². The van der Waals surface area contributed by atoms with E-state index in [9.17, 15) is 4.79 Å². The molecule has 19 heavy (non-hydrogen) atoms. The van der Waals surface area contributed by atoms with Gasteiger partial charge in [-0.15, -0.1) is 11.3 Å². The van der Waals surface area contributed by atoms with E-state index in [1.165, 1.54) is 36.1 Å². The Labute approximate surface area is 119 Å². The minimum atomic E-state index is -0.0482. The summed E-state index contributed by atoms with van der Waals surface area (Å²) in [6, 6.07) is 4.09. The molecular weight excluding hydrogens is 256 g/mol. The molecule has 2 amide bonds. The van der Waals surface area contributed by atoms with Crippen molar-refractivity contribution < 1.29 is 4.79 Å². The van der Waals surface area contributed by atoms with Gasteiger partial charge in [0.15, 0.2) is 0 Å². The Morgan fingerprint density at radius 1 is 1.21 bits per heavy atom. The molecule has 1 aliphatic carbocycles. The molecule has 2 N–H and O–H groups in total. The first-order valence-electron chi connectivity index (χ1n) is 7.06. The van der Waals surface area contributed by atoms with Crippen LogP contribution in [0.4, 0.5) is 4.79 Å². The summed E-state index contributed by atoms with van der Waals surface area (Å²) in [7, 11) is 0. The van der Waals surface area contributed by atoms with Crippen LogP contribution in [0.2, 0.25) is 0 Å². The van der Waals surface area contributed by atoms with E-state index in [-0.39, 0.29) is 6.03 Å². The van der Waals surface area contributed by atoms with Gasteiger partial charge >= 0.3 is 6.03 Å². The maximum Gasteiger partial charge on any atom is 0.314 e. The standard InChI is InChI=1S/C15H22N2OS/c18-15(17-11-9-14-7-4-12-19-14)16-10-8-13-5-2-1-3-6-13/h4-5,7,12H,1-3,6,8-11H2,(H2,16,17,18). The van der Waals surface area contributed by atoms with E-state index < -0.39 is 0 Å². The summed E-state index contributed by atoms with van der Waals surface area (Å²) in [5.74, 6) is 0. The van der Waals surface area contributed by atoms with Gasteiger partial charge in [-0.2, -0.15) is 0 Å². The summed E-state index contributed by atoms with van der Waals surface area (Å²) in [4.78, 5) is 12.9. The fourth-order valence-corrected chi connectivity index (χ4v) is 2.99. The highest BCUT2D eigenvalue weighted by Crippen LogP contribution is 2.19. The molecule has 1 heterocycles. The number of hydrogen-bond donors (Lipinski definition) is 2. The molecule has 0 fully saturated rings. The van der Waals surface area contributed by atoms with Crippen LogP contribution in [0.3, 0.4) is 0 Å². The number of carbonyl (C=O) groups excluding carboxylic acids is 1. The molecule has 0 radical (unpaired) electrons. The Morgan fingerprint density at radius 2 is 2.05 bits per heavy atom. The lowest BCUT2D eigenvalue weighted by Gasteiger charge is -2.13. The molecular formula is C15H22N2OS. The summed E-state index contributed by atoms with van der Waals surface area (Å²) in [6.07, 6.45) is 9.29. The molecule has 2 rings (SSSR count). The highest BCUT2D eigenvalue weighted by molar-refractivity contribution is 7.09. The normalized spacial score (nSPS) is 14.8. The summed E-state index contributed by atoms with van der Waals surface area (Å²) in [5.41, 5.74) is 1.50. The van der Waals surface area contributed by atoms with Crippen molar-refractivity contribution >= 4 is 17.4 Å². The number of thiophene rings is 1. The van der Waals surface area contributed by atoms with Crippen LogP contribution in [-0.2, 0) is 6.42 Å². The lowest BCUT2D eigenvalue weighted by atomic mass is 9.97. The Kier molecular flexibility index (Phi) is 5.95. The second-order valence-corrected chi connectivity index (χ2v) is 5.90. The van der Waals surface area contributed by atoms with E-state index in [0.29, 0.717) is 6.54 Å². The van der Waals surface area contributed by atoms with Crippen LogP contribution in [0.15, 0.2) is 29.2 Å². The zero-order valence-electron chi connectivity index (χ0n) is 11.3. The number of amides is 2. The van der Waals surface area contributed by atoms with Gasteiger partial charge in [0.2, 0.25) is 0 Å². The van der Waals surface area contributed by atoms with Gasteiger partial charge in [-0.25, -0.2) is 4.79 Å². The number of carbonyl (C=O) groups is 1. The van der Waals surface area contributed by atoms with Gasteiger partial charge in [-0.05, 0) is 50.0 Å². The molecule has 1 aromatic heterocycles. The lowest BCUT2D eigenvalue weighted by Crippen LogP contribution is -2.37. The van der Waals surface area contributed by atoms with E-state index in [0.717, 1.165) is 19.4 Å². The fraction of sp³-hybridized carbons (Fsp3) is 0.533. The van der Waals surface area contributed by atoms with Crippen LogP contribution in [0.25, 0.3) is 0 Å². The van der Waals surface area contributed by atoms with E-state index >= 15 is 0 Å². The second kappa shape index (κ2) is 8.00. The van der Waals surface area contributed by atoms with Gasteiger partial charge < -0.3 is 10.6 Å². The monoisotopic (exact) mass is 278 g/mol. The molecule has 0 bridgehead atoms. The fourth-order valence-electron chi connectivity index (χ4n) is 2.28.